The molecule has 3 N–H and O–H groups in total. The number of nitrogens with one attached hydrogen (secondary N) is 1. The minimum Gasteiger partial charge on any atom is -0.387 e. The average molecular weight is 1230 g/mol. The van der Waals surface area contributed by atoms with E-state index in [1.807, 2.05) is 27.2 Å². The summed E-state index contributed by atoms with van der Waals surface area (Å²) in [5.74, 6) is -0.188. The van der Waals surface area contributed by atoms with E-state index in [-0.39, 0.29) is 19.1 Å². The Morgan fingerprint density at radius 1 is 0.402 bits per heavy atom. The summed E-state index contributed by atoms with van der Waals surface area (Å²) in [5.41, 5.74) is 0. The van der Waals surface area contributed by atoms with Gasteiger partial charge in [-0.2, -0.15) is 0 Å². The summed E-state index contributed by atoms with van der Waals surface area (Å²) in [7, 11) is 1.55. The molecule has 0 saturated carbocycles. The molecule has 0 heterocycles. The van der Waals surface area contributed by atoms with Crippen LogP contribution >= 0.6 is 7.82 Å². The van der Waals surface area contributed by atoms with Gasteiger partial charge in [-0.25, -0.2) is 4.57 Å². The van der Waals surface area contributed by atoms with Gasteiger partial charge in [-0.3, -0.25) is 13.8 Å². The van der Waals surface area contributed by atoms with Crippen molar-refractivity contribution in [1.82, 2.24) is 5.32 Å². The maximum Gasteiger partial charge on any atom is 0.472 e. The highest BCUT2D eigenvalue weighted by atomic mass is 31.2. The van der Waals surface area contributed by atoms with Crippen molar-refractivity contribution < 1.29 is 32.9 Å². The molecular weight excluding hydrogens is 1090 g/mol. The number of likely N-dealkylation sites (N-methyl/N-ethyl adjacent to an activating group) is 1. The molecule has 0 rings (SSSR count). The minimum atomic E-state index is -4.37. The van der Waals surface area contributed by atoms with Gasteiger partial charge >= 0.3 is 7.82 Å². The van der Waals surface area contributed by atoms with Crippen LogP contribution in [-0.4, -0.2) is 73.4 Å². The van der Waals surface area contributed by atoms with Crippen LogP contribution in [0.1, 0.15) is 328 Å². The fourth-order valence-corrected chi connectivity index (χ4v) is 11.3. The number of phosphoric ester groups is 1. The van der Waals surface area contributed by atoms with Crippen LogP contribution in [0, 0.1) is 0 Å². The molecule has 8 nitrogen and oxygen atoms in total. The highest BCUT2D eigenvalue weighted by Crippen LogP contribution is 2.43. The number of rotatable bonds is 67. The van der Waals surface area contributed by atoms with Gasteiger partial charge < -0.3 is 19.8 Å². The third kappa shape index (κ3) is 70.5. The van der Waals surface area contributed by atoms with E-state index in [4.69, 9.17) is 9.05 Å². The van der Waals surface area contributed by atoms with Crippen molar-refractivity contribution in [3.8, 4) is 0 Å². The lowest BCUT2D eigenvalue weighted by Gasteiger charge is -2.25. The summed E-state index contributed by atoms with van der Waals surface area (Å²) in [6.45, 7) is 4.71. The number of amides is 1. The second-order valence-corrected chi connectivity index (χ2v) is 27.4. The van der Waals surface area contributed by atoms with E-state index in [2.05, 4.69) is 116 Å². The predicted molar refractivity (Wildman–Crippen MR) is 382 cm³/mol. The number of unbranched alkanes of at least 4 members (excludes halogenated alkanes) is 38. The van der Waals surface area contributed by atoms with Gasteiger partial charge in [0.05, 0.1) is 39.9 Å². The van der Waals surface area contributed by atoms with Crippen molar-refractivity contribution in [2.45, 2.75) is 341 Å². The number of phosphoric acid groups is 1. The molecule has 0 aliphatic carbocycles. The van der Waals surface area contributed by atoms with Gasteiger partial charge in [-0.05, 0) is 89.9 Å². The molecular formula is C78H142N2O6P+. The number of nitrogens with zero attached hydrogens (tertiary/aromatic N) is 1. The monoisotopic (exact) mass is 1230 g/mol. The number of aliphatic hydroxyl groups excluding tert-OH is 1. The van der Waals surface area contributed by atoms with Gasteiger partial charge in [0.15, 0.2) is 0 Å². The lowest BCUT2D eigenvalue weighted by atomic mass is 10.0. The van der Waals surface area contributed by atoms with Gasteiger partial charge in [-0.15, -0.1) is 0 Å². The molecule has 3 atom stereocenters. The largest absolute Gasteiger partial charge is 0.472 e. The Kier molecular flexibility index (Phi) is 65.3. The molecule has 0 fully saturated rings. The first-order valence-corrected chi connectivity index (χ1v) is 38.3. The van der Waals surface area contributed by atoms with E-state index >= 15 is 0 Å². The molecule has 87 heavy (non-hydrogen) atoms. The van der Waals surface area contributed by atoms with Crippen LogP contribution in [0.4, 0.5) is 0 Å². The summed E-state index contributed by atoms with van der Waals surface area (Å²) in [6, 6.07) is -0.872. The Hall–Kier alpha value is -2.84. The standard InChI is InChI=1S/C78H141N2O6P/c1-6-8-10-12-14-16-18-20-22-24-26-28-30-32-34-36-38-39-40-41-42-44-46-48-50-52-54-56-58-60-62-64-66-68-70-72-78(82)79-76(75-86-87(83,84)85-74-73-80(3,4)5)77(81)71-69-67-65-63-61-59-57-55-53-51-49-47-45-43-37-35-33-31-29-27-25-23-21-19-17-15-13-11-9-7-2/h8,10,14,16,20,22,26,28,32,34,38-39,41-42,61,63,69,71,76-77,81H,6-7,9,11-13,15,17-19,21,23-25,27,29-31,33,35-37,40,43-60,62,64-68,70,72-75H2,1-5H3,(H-,79,82,83,84)/p+1/b10-8-,16-14-,22-20-,28-26-,34-32-,39-38-,42-41-,63-61+,71-69+. The second-order valence-electron chi connectivity index (χ2n) is 25.9. The SMILES string of the molecule is CC/C=C\C/C=C\C/C=C\C/C=C\C/C=C\C/C=C\C/C=C\CCCCCCCCCCCCCCCC(=O)NC(COP(=O)(O)OCC[N+](C)(C)C)C(O)/C=C/CC/C=C/CCCCCCCCCCCCCCCCCCCCCCCCCC. The Bertz CT molecular complexity index is 1790. The molecule has 0 aromatic rings. The topological polar surface area (TPSA) is 105 Å². The Morgan fingerprint density at radius 3 is 1.06 bits per heavy atom. The molecule has 0 radical (unpaired) electrons. The summed E-state index contributed by atoms with van der Waals surface area (Å²) in [5, 5.41) is 14.0. The second kappa shape index (κ2) is 67.6. The van der Waals surface area contributed by atoms with Gasteiger partial charge in [0.1, 0.15) is 13.2 Å². The molecule has 0 bridgehead atoms. The number of quaternary nitrogens is 1. The van der Waals surface area contributed by atoms with Crippen LogP contribution in [0.5, 0.6) is 0 Å². The maximum absolute atomic E-state index is 13.1. The van der Waals surface area contributed by atoms with E-state index in [1.165, 1.54) is 225 Å². The van der Waals surface area contributed by atoms with Crippen LogP contribution in [0.3, 0.4) is 0 Å². The Labute approximate surface area is 540 Å². The van der Waals surface area contributed by atoms with Gasteiger partial charge in [0, 0.05) is 6.42 Å². The number of hydrogen-bond donors (Lipinski definition) is 3. The molecule has 0 aromatic heterocycles. The predicted octanol–water partition coefficient (Wildman–Crippen LogP) is 23.8. The van der Waals surface area contributed by atoms with Crippen LogP contribution in [-0.2, 0) is 18.4 Å². The quantitative estimate of drug-likeness (QED) is 0.0243. The summed E-state index contributed by atoms with van der Waals surface area (Å²) in [4.78, 5) is 23.4. The van der Waals surface area contributed by atoms with Gasteiger partial charge in [0.25, 0.3) is 0 Å². The molecule has 0 aliphatic heterocycles. The summed E-state index contributed by atoms with van der Waals surface area (Å²) >= 11 is 0. The third-order valence-electron chi connectivity index (χ3n) is 16.2. The highest BCUT2D eigenvalue weighted by molar-refractivity contribution is 7.47. The van der Waals surface area contributed by atoms with Crippen LogP contribution in [0.2, 0.25) is 0 Å². The smallest absolute Gasteiger partial charge is 0.387 e. The zero-order chi connectivity index (χ0) is 63.4. The highest BCUT2D eigenvalue weighted by Gasteiger charge is 2.28. The fourth-order valence-electron chi connectivity index (χ4n) is 10.6. The Balaban J connectivity index is 4.10. The van der Waals surface area contributed by atoms with E-state index in [0.717, 1.165) is 83.5 Å². The lowest BCUT2D eigenvalue weighted by Crippen LogP contribution is -2.45. The van der Waals surface area contributed by atoms with Gasteiger partial charge in [0.2, 0.25) is 5.91 Å². The molecule has 0 aromatic carbocycles. The summed E-state index contributed by atoms with van der Waals surface area (Å²) < 4.78 is 23.8. The zero-order valence-electron chi connectivity index (χ0n) is 57.7. The van der Waals surface area contributed by atoms with E-state index < -0.39 is 20.0 Å². The van der Waals surface area contributed by atoms with Crippen molar-refractivity contribution in [2.24, 2.45) is 0 Å². The number of hydrogen-bond acceptors (Lipinski definition) is 5. The van der Waals surface area contributed by atoms with Crippen molar-refractivity contribution in [3.63, 3.8) is 0 Å². The normalized spacial score (nSPS) is 14.2. The molecule has 0 saturated heterocycles. The summed E-state index contributed by atoms with van der Waals surface area (Å²) in [6.07, 6.45) is 99.7. The molecule has 9 heteroatoms. The van der Waals surface area contributed by atoms with E-state index in [9.17, 15) is 19.4 Å². The fraction of sp³-hybridized carbons (Fsp3) is 0.756. The molecule has 0 aliphatic rings. The first kappa shape index (κ1) is 84.2. The van der Waals surface area contributed by atoms with Crippen LogP contribution in [0.15, 0.2) is 109 Å². The first-order valence-electron chi connectivity index (χ1n) is 36.8. The number of allylic oxidation sites excluding steroid dienone is 17. The van der Waals surface area contributed by atoms with Crippen molar-refractivity contribution in [2.75, 3.05) is 40.9 Å². The molecule has 0 spiro atoms. The number of carbonyl (C=O) groups is 1. The van der Waals surface area contributed by atoms with Crippen LogP contribution in [0.25, 0.3) is 0 Å². The Morgan fingerprint density at radius 2 is 0.701 bits per heavy atom. The average Bonchev–Trinajstić information content (AvgIpc) is 3.70. The number of aliphatic hydroxyl groups is 1. The van der Waals surface area contributed by atoms with Crippen molar-refractivity contribution in [3.05, 3.63) is 109 Å². The number of carbonyl (C=O) groups excluding carboxylic acids is 1. The van der Waals surface area contributed by atoms with Crippen molar-refractivity contribution >= 4 is 13.7 Å². The maximum atomic E-state index is 13.1. The van der Waals surface area contributed by atoms with E-state index in [0.29, 0.717) is 17.4 Å². The zero-order valence-corrected chi connectivity index (χ0v) is 58.6. The van der Waals surface area contributed by atoms with Gasteiger partial charge in [-0.1, -0.05) is 342 Å². The van der Waals surface area contributed by atoms with E-state index in [1.54, 1.807) is 6.08 Å². The molecule has 3 unspecified atom stereocenters. The lowest BCUT2D eigenvalue weighted by molar-refractivity contribution is -0.870. The molecule has 1 amide bonds. The third-order valence-corrected chi connectivity index (χ3v) is 17.2. The van der Waals surface area contributed by atoms with Crippen molar-refractivity contribution in [1.29, 1.82) is 0 Å². The molecule has 504 valence electrons. The minimum absolute atomic E-state index is 0.0523. The van der Waals surface area contributed by atoms with Crippen LogP contribution < -0.4 is 5.32 Å². The first-order chi connectivity index (χ1) is 42.5.